The van der Waals surface area contributed by atoms with Gasteiger partial charge in [-0.05, 0) is 44.9 Å². The van der Waals surface area contributed by atoms with Crippen molar-refractivity contribution in [1.29, 1.82) is 0 Å². The van der Waals surface area contributed by atoms with Gasteiger partial charge in [-0.15, -0.1) is 0 Å². The number of piperidine rings is 1. The van der Waals surface area contributed by atoms with Gasteiger partial charge in [0.15, 0.2) is 12.1 Å². The number of fused-ring (bicyclic) bond motifs is 1. The summed E-state index contributed by atoms with van der Waals surface area (Å²) in [6.07, 6.45) is 3.95. The Kier molecular flexibility index (Phi) is 7.44. The molecule has 1 aromatic carbocycles. The minimum absolute atomic E-state index is 0.104. The number of likely N-dealkylation sites (N-methyl/N-ethyl adjacent to an activating group) is 1. The predicted molar refractivity (Wildman–Crippen MR) is 130 cm³/mol. The van der Waals surface area contributed by atoms with Crippen LogP contribution in [0.3, 0.4) is 0 Å². The molecule has 9 heteroatoms. The Morgan fingerprint density at radius 1 is 1.18 bits per heavy atom. The lowest BCUT2D eigenvalue weighted by atomic mass is 10.0. The molecular formula is C25H35N5O4. The molecule has 4 atom stereocenters. The van der Waals surface area contributed by atoms with Gasteiger partial charge in [-0.3, -0.25) is 0 Å². The van der Waals surface area contributed by atoms with Crippen molar-refractivity contribution >= 4 is 11.6 Å². The summed E-state index contributed by atoms with van der Waals surface area (Å²) in [5.41, 5.74) is 0.882. The fourth-order valence-electron chi connectivity index (χ4n) is 4.94. The molecule has 0 radical (unpaired) electrons. The number of hydrogen-bond acceptors (Lipinski definition) is 9. The molecule has 3 fully saturated rings. The van der Waals surface area contributed by atoms with E-state index in [2.05, 4.69) is 21.6 Å². The molecule has 3 saturated heterocycles. The first-order valence-corrected chi connectivity index (χ1v) is 12.4. The van der Waals surface area contributed by atoms with Gasteiger partial charge < -0.3 is 34.9 Å². The lowest BCUT2D eigenvalue weighted by molar-refractivity contribution is -0.0904. The fraction of sp³-hybridized carbons (Fsp3) is 0.600. The smallest absolute Gasteiger partial charge is 0.163 e. The van der Waals surface area contributed by atoms with E-state index in [9.17, 15) is 5.11 Å². The van der Waals surface area contributed by atoms with Crippen molar-refractivity contribution in [3.05, 3.63) is 30.3 Å². The zero-order valence-corrected chi connectivity index (χ0v) is 19.8. The second-order valence-electron chi connectivity index (χ2n) is 9.31. The van der Waals surface area contributed by atoms with Crippen LogP contribution in [-0.2, 0) is 9.47 Å². The number of aliphatic hydroxyl groups is 1. The van der Waals surface area contributed by atoms with E-state index in [1.54, 1.807) is 7.05 Å². The van der Waals surface area contributed by atoms with Crippen molar-refractivity contribution in [2.45, 2.75) is 44.1 Å². The van der Waals surface area contributed by atoms with E-state index in [1.807, 2.05) is 24.3 Å². The van der Waals surface area contributed by atoms with Crippen molar-refractivity contribution in [2.75, 3.05) is 56.7 Å². The summed E-state index contributed by atoms with van der Waals surface area (Å²) in [7, 11) is 1.81. The van der Waals surface area contributed by atoms with Gasteiger partial charge in [0, 0.05) is 37.2 Å². The van der Waals surface area contributed by atoms with Crippen LogP contribution in [-0.4, -0.2) is 80.0 Å². The first-order valence-electron chi connectivity index (χ1n) is 12.4. The molecule has 3 N–H and O–H groups in total. The van der Waals surface area contributed by atoms with Crippen LogP contribution in [0.4, 0.5) is 11.6 Å². The number of nitrogens with one attached hydrogen (secondary N) is 2. The summed E-state index contributed by atoms with van der Waals surface area (Å²) in [4.78, 5) is 12.2. The molecule has 4 heterocycles. The molecule has 34 heavy (non-hydrogen) atoms. The summed E-state index contributed by atoms with van der Waals surface area (Å²) in [6, 6.07) is 9.99. The number of aromatic nitrogens is 2. The number of rotatable bonds is 9. The molecule has 3 aliphatic rings. The Labute approximate surface area is 200 Å². The van der Waals surface area contributed by atoms with Crippen LogP contribution in [0.2, 0.25) is 0 Å². The molecule has 1 unspecified atom stereocenters. The number of ether oxygens (including phenoxy) is 3. The number of anilines is 2. The maximum atomic E-state index is 9.97. The highest BCUT2D eigenvalue weighted by atomic mass is 16.7. The van der Waals surface area contributed by atoms with Gasteiger partial charge in [0.2, 0.25) is 0 Å². The monoisotopic (exact) mass is 469 g/mol. The minimum atomic E-state index is -0.569. The number of hydrogen-bond donors (Lipinski definition) is 3. The van der Waals surface area contributed by atoms with Gasteiger partial charge in [0.05, 0.1) is 19.3 Å². The van der Waals surface area contributed by atoms with Crippen LogP contribution in [0.5, 0.6) is 5.75 Å². The van der Waals surface area contributed by atoms with E-state index in [0.717, 1.165) is 43.3 Å². The Morgan fingerprint density at radius 3 is 2.91 bits per heavy atom. The van der Waals surface area contributed by atoms with Crippen LogP contribution in [0.25, 0.3) is 11.4 Å². The van der Waals surface area contributed by atoms with Crippen LogP contribution in [0, 0.1) is 5.92 Å². The van der Waals surface area contributed by atoms with Crippen LogP contribution >= 0.6 is 0 Å². The van der Waals surface area contributed by atoms with Crippen LogP contribution < -0.4 is 20.3 Å². The van der Waals surface area contributed by atoms with Gasteiger partial charge in [-0.2, -0.15) is 0 Å². The number of nitrogens with zero attached hydrogens (tertiary/aromatic N) is 3. The van der Waals surface area contributed by atoms with Crippen molar-refractivity contribution in [2.24, 2.45) is 5.92 Å². The normalized spacial score (nSPS) is 25.2. The zero-order chi connectivity index (χ0) is 23.3. The molecule has 0 saturated carbocycles. The third-order valence-electron chi connectivity index (χ3n) is 6.74. The van der Waals surface area contributed by atoms with Gasteiger partial charge in [0.1, 0.15) is 30.1 Å². The second-order valence-corrected chi connectivity index (χ2v) is 9.31. The molecule has 0 bridgehead atoms. The largest absolute Gasteiger partial charge is 0.491 e. The average Bonchev–Trinajstić information content (AvgIpc) is 3.49. The van der Waals surface area contributed by atoms with Crippen LogP contribution in [0.1, 0.15) is 25.7 Å². The molecule has 0 aliphatic carbocycles. The molecule has 184 valence electrons. The van der Waals surface area contributed by atoms with Gasteiger partial charge in [-0.1, -0.05) is 12.1 Å². The zero-order valence-electron chi connectivity index (χ0n) is 19.8. The summed E-state index contributed by atoms with van der Waals surface area (Å²) >= 11 is 0. The standard InChI is InChI=1S/C25H35N5O4/c1-26-14-18(31)15-33-19-7-5-6-17(12-19)24-28-22(13-23(29-24)30-9-3-2-4-10-30)27-21-16-34-25-20(21)8-11-32-25/h5-7,12-13,18,20-21,25-26,31H,2-4,8-11,14-16H2,1H3,(H,27,28,29)/t18?,20-,21-,25+/m0/s1. The lowest BCUT2D eigenvalue weighted by Gasteiger charge is -2.28. The SMILES string of the molecule is CNCC(O)COc1cccc(-c2nc(N[C@H]3CO[C@H]4OCC[C@H]43)cc(N3CCCCC3)n2)c1. The van der Waals surface area contributed by atoms with E-state index in [4.69, 9.17) is 24.2 Å². The summed E-state index contributed by atoms with van der Waals surface area (Å²) in [6.45, 7) is 4.08. The number of benzene rings is 1. The Morgan fingerprint density at radius 2 is 2.06 bits per heavy atom. The van der Waals surface area contributed by atoms with Crippen molar-refractivity contribution < 1.29 is 19.3 Å². The van der Waals surface area contributed by atoms with Gasteiger partial charge >= 0.3 is 0 Å². The van der Waals surface area contributed by atoms with Crippen LogP contribution in [0.15, 0.2) is 30.3 Å². The van der Waals surface area contributed by atoms with E-state index in [0.29, 0.717) is 30.6 Å². The van der Waals surface area contributed by atoms with E-state index in [1.165, 1.54) is 19.3 Å². The Balaban J connectivity index is 1.39. The molecule has 9 nitrogen and oxygen atoms in total. The average molecular weight is 470 g/mol. The van der Waals surface area contributed by atoms with E-state index in [-0.39, 0.29) is 18.9 Å². The topological polar surface area (TPSA) is 101 Å². The molecule has 3 aliphatic heterocycles. The highest BCUT2D eigenvalue weighted by molar-refractivity contribution is 5.63. The van der Waals surface area contributed by atoms with Crippen molar-refractivity contribution in [3.63, 3.8) is 0 Å². The Hall–Kier alpha value is -2.46. The third kappa shape index (κ3) is 5.43. The second kappa shape index (κ2) is 10.9. The fourth-order valence-corrected chi connectivity index (χ4v) is 4.94. The summed E-state index contributed by atoms with van der Waals surface area (Å²) < 4.78 is 17.3. The molecule has 1 aromatic heterocycles. The molecule has 2 aromatic rings. The number of aliphatic hydroxyl groups excluding tert-OH is 1. The summed E-state index contributed by atoms with van der Waals surface area (Å²) in [5, 5.41) is 16.5. The van der Waals surface area contributed by atoms with E-state index < -0.39 is 6.10 Å². The van der Waals surface area contributed by atoms with E-state index >= 15 is 0 Å². The highest BCUT2D eigenvalue weighted by Crippen LogP contribution is 2.34. The highest BCUT2D eigenvalue weighted by Gasteiger charge is 2.41. The summed E-state index contributed by atoms with van der Waals surface area (Å²) in [5.74, 6) is 3.44. The minimum Gasteiger partial charge on any atom is -0.491 e. The quantitative estimate of drug-likeness (QED) is 0.510. The van der Waals surface area contributed by atoms with Crippen molar-refractivity contribution in [3.8, 4) is 17.1 Å². The van der Waals surface area contributed by atoms with Gasteiger partial charge in [-0.25, -0.2) is 9.97 Å². The Bertz CT molecular complexity index is 955. The first kappa shape index (κ1) is 23.3. The maximum absolute atomic E-state index is 9.97. The maximum Gasteiger partial charge on any atom is 0.163 e. The predicted octanol–water partition coefficient (Wildman–Crippen LogP) is 2.27. The molecule has 0 spiro atoms. The third-order valence-corrected chi connectivity index (χ3v) is 6.74. The molecule has 0 amide bonds. The van der Waals surface area contributed by atoms with Crippen molar-refractivity contribution in [1.82, 2.24) is 15.3 Å². The first-order chi connectivity index (χ1) is 16.7. The van der Waals surface area contributed by atoms with Gasteiger partial charge in [0.25, 0.3) is 0 Å². The molecule has 5 rings (SSSR count). The molecular weight excluding hydrogens is 434 g/mol. The lowest BCUT2D eigenvalue weighted by Crippen LogP contribution is -2.31.